The van der Waals surface area contributed by atoms with Crippen LogP contribution in [0, 0.1) is 22.7 Å². The number of halogens is 4. The molecule has 0 amide bonds. The first kappa shape index (κ1) is 50.8. The van der Waals surface area contributed by atoms with Crippen LogP contribution in [-0.2, 0) is 32.4 Å². The fourth-order valence-electron chi connectivity index (χ4n) is 7.24. The maximum atomic E-state index is 12.7. The number of cyclic esters (lactones) is 2. The summed E-state index contributed by atoms with van der Waals surface area (Å²) < 4.78 is 87.5. The van der Waals surface area contributed by atoms with Crippen molar-refractivity contribution >= 4 is 73.8 Å². The molecular weight excluding hydrogens is 945 g/mol. The van der Waals surface area contributed by atoms with Gasteiger partial charge in [-0.1, -0.05) is 75.7 Å². The van der Waals surface area contributed by atoms with Crippen molar-refractivity contribution < 1.29 is 55.6 Å². The third kappa shape index (κ3) is 12.4. The van der Waals surface area contributed by atoms with Gasteiger partial charge < -0.3 is 37.6 Å². The molecule has 2 aromatic heterocycles. The maximum Gasteiger partial charge on any atom is 0.344 e. The molecule has 20 heteroatoms. The van der Waals surface area contributed by atoms with Crippen molar-refractivity contribution in [2.45, 2.75) is 77.7 Å². The van der Waals surface area contributed by atoms with Gasteiger partial charge >= 0.3 is 11.9 Å². The molecule has 0 saturated heterocycles. The van der Waals surface area contributed by atoms with E-state index in [-0.39, 0.29) is 36.1 Å². The van der Waals surface area contributed by atoms with Crippen LogP contribution in [-0.4, -0.2) is 86.5 Å². The number of imidazole rings is 2. The maximum absolute atomic E-state index is 12.7. The number of rotatable bonds is 18. The summed E-state index contributed by atoms with van der Waals surface area (Å²) in [5.74, 6) is 0.732. The Bertz CT molecular complexity index is 3020. The zero-order valence-electron chi connectivity index (χ0n) is 39.4. The monoisotopic (exact) mass is 994 g/mol. The number of benzene rings is 4. The molecule has 0 N–H and O–H groups in total. The SMILES string of the molecule is C[Si](C)(C)CCOCn1c(C=C2OC(=O)c3ccccc32)nc2cc(C#N)c(OCC(F)F)cc21.C[Si](C)(C)CCOCn1c(C=C2OC(=O)c3ccccc32)nc2cc(OCC(F)F)c(C#N)cc21. The van der Waals surface area contributed by atoms with E-state index in [4.69, 9.17) is 28.4 Å². The van der Waals surface area contributed by atoms with Crippen LogP contribution in [0.15, 0.2) is 72.8 Å². The van der Waals surface area contributed by atoms with Crippen molar-refractivity contribution in [3.05, 3.63) is 118 Å². The Morgan fingerprint density at radius 2 is 1.01 bits per heavy atom. The predicted octanol–water partition coefficient (Wildman–Crippen LogP) is 11.1. The Labute approximate surface area is 403 Å². The lowest BCUT2D eigenvalue weighted by molar-refractivity contribution is 0.0707. The second-order valence-corrected chi connectivity index (χ2v) is 29.9. The Morgan fingerprint density at radius 3 is 1.44 bits per heavy atom. The summed E-state index contributed by atoms with van der Waals surface area (Å²) in [7, 11) is -2.62. The lowest BCUT2D eigenvalue weighted by Crippen LogP contribution is -2.22. The summed E-state index contributed by atoms with van der Waals surface area (Å²) in [5, 5.41) is 19.1. The van der Waals surface area contributed by atoms with Crippen molar-refractivity contribution in [1.29, 1.82) is 10.5 Å². The summed E-state index contributed by atoms with van der Waals surface area (Å²) in [4.78, 5) is 33.7. The molecule has 0 aliphatic carbocycles. The first-order chi connectivity index (χ1) is 33.3. The van der Waals surface area contributed by atoms with E-state index in [0.29, 0.717) is 80.7 Å². The van der Waals surface area contributed by atoms with Gasteiger partial charge in [0.2, 0.25) is 0 Å². The number of nitrogens with zero attached hydrogens (tertiary/aromatic N) is 6. The fraction of sp³-hybridized carbons (Fsp3) is 0.320. The highest BCUT2D eigenvalue weighted by molar-refractivity contribution is 6.76. The molecule has 2 aliphatic heterocycles. The summed E-state index contributed by atoms with van der Waals surface area (Å²) in [6, 6.07) is 26.0. The molecule has 14 nitrogen and oxygen atoms in total. The smallest absolute Gasteiger partial charge is 0.344 e. The van der Waals surface area contributed by atoms with Crippen LogP contribution >= 0.6 is 0 Å². The number of hydrogen-bond acceptors (Lipinski definition) is 12. The summed E-state index contributed by atoms with van der Waals surface area (Å²) in [5.41, 5.74) is 4.44. The molecule has 0 unspecified atom stereocenters. The topological polar surface area (TPSA) is 173 Å². The van der Waals surface area contributed by atoms with Gasteiger partial charge in [-0.15, -0.1) is 0 Å². The largest absolute Gasteiger partial charge is 0.486 e. The Morgan fingerprint density at radius 1 is 0.614 bits per heavy atom. The van der Waals surface area contributed by atoms with Gasteiger partial charge in [-0.3, -0.25) is 0 Å². The Balaban J connectivity index is 0.000000206. The van der Waals surface area contributed by atoms with E-state index >= 15 is 0 Å². The van der Waals surface area contributed by atoms with E-state index in [1.807, 2.05) is 24.3 Å². The van der Waals surface area contributed by atoms with E-state index in [9.17, 15) is 37.7 Å². The third-order valence-electron chi connectivity index (χ3n) is 10.9. The minimum atomic E-state index is -2.68. The van der Waals surface area contributed by atoms with Crippen molar-refractivity contribution in [1.82, 2.24) is 19.1 Å². The molecular formula is C50H50F4N6O8Si2. The number of esters is 2. The third-order valence-corrected chi connectivity index (χ3v) is 14.3. The second-order valence-electron chi connectivity index (χ2n) is 18.7. The van der Waals surface area contributed by atoms with Gasteiger partial charge in [-0.2, -0.15) is 10.5 Å². The van der Waals surface area contributed by atoms with Crippen molar-refractivity contribution in [3.8, 4) is 23.6 Å². The number of alkyl halides is 4. The van der Waals surface area contributed by atoms with Crippen molar-refractivity contribution in [3.63, 3.8) is 0 Å². The van der Waals surface area contributed by atoms with Gasteiger partial charge in [0.25, 0.3) is 12.9 Å². The summed E-state index contributed by atoms with van der Waals surface area (Å²) in [6.07, 6.45) is -2.08. The van der Waals surface area contributed by atoms with Gasteiger partial charge in [0.05, 0.1) is 44.3 Å². The van der Waals surface area contributed by atoms with Crippen LogP contribution in [0.5, 0.6) is 11.5 Å². The van der Waals surface area contributed by atoms with Crippen LogP contribution in [0.3, 0.4) is 0 Å². The van der Waals surface area contributed by atoms with Crippen LogP contribution < -0.4 is 9.47 Å². The molecule has 70 heavy (non-hydrogen) atoms. The van der Waals surface area contributed by atoms with Crippen molar-refractivity contribution in [2.75, 3.05) is 26.4 Å². The quantitative estimate of drug-likeness (QED) is 0.0346. The molecule has 0 fully saturated rings. The van der Waals surface area contributed by atoms with E-state index in [1.54, 1.807) is 63.8 Å². The number of hydrogen-bond donors (Lipinski definition) is 0. The van der Waals surface area contributed by atoms with Crippen molar-refractivity contribution in [2.24, 2.45) is 0 Å². The minimum absolute atomic E-state index is 0.0291. The molecule has 0 saturated carbocycles. The molecule has 6 aromatic rings. The second kappa shape index (κ2) is 21.7. The number of nitriles is 2. The molecule has 4 heterocycles. The van der Waals surface area contributed by atoms with Gasteiger partial charge in [0.1, 0.15) is 73.5 Å². The molecule has 0 bridgehead atoms. The van der Waals surface area contributed by atoms with E-state index in [0.717, 1.165) is 12.1 Å². The zero-order chi connectivity index (χ0) is 50.3. The average Bonchev–Trinajstić information content (AvgIpc) is 4.03. The highest BCUT2D eigenvalue weighted by Gasteiger charge is 2.29. The number of ether oxygens (including phenoxy) is 6. The average molecular weight is 995 g/mol. The van der Waals surface area contributed by atoms with Crippen LogP contribution in [0.2, 0.25) is 51.4 Å². The first-order valence-electron chi connectivity index (χ1n) is 22.2. The minimum Gasteiger partial charge on any atom is -0.486 e. The van der Waals surface area contributed by atoms with Crippen LogP contribution in [0.1, 0.15) is 54.6 Å². The standard InChI is InChI=1S/2C25H25F2N3O4Si/c1-35(2,3)9-8-32-15-30-20-10-16(13-28)21(33-14-23(26)27)11-19(20)29-24(30)12-22-17-6-4-5-7-18(17)25(31)34-22;1-35(2,3)9-8-32-15-30-20-11-21(33-14-23(26)27)16(13-28)10-19(20)29-24(30)12-22-17-6-4-5-7-18(17)25(31)34-22/h2*4-7,10-12,23H,8-9,14-15H2,1-3H3. The predicted molar refractivity (Wildman–Crippen MR) is 260 cm³/mol. The fourth-order valence-corrected chi connectivity index (χ4v) is 8.75. The molecule has 364 valence electrons. The highest BCUT2D eigenvalue weighted by atomic mass is 28.3. The van der Waals surface area contributed by atoms with E-state index < -0.39 is 54.2 Å². The normalized spacial score (nSPS) is 14.4. The number of carbonyl (C=O) groups is 2. The Hall–Kier alpha value is -7.11. The molecule has 0 spiro atoms. The zero-order valence-corrected chi connectivity index (χ0v) is 41.4. The van der Waals surface area contributed by atoms with Gasteiger partial charge in [-0.25, -0.2) is 37.1 Å². The number of fused-ring (bicyclic) bond motifs is 4. The molecule has 0 radical (unpaired) electrons. The lowest BCUT2D eigenvalue weighted by atomic mass is 10.1. The van der Waals surface area contributed by atoms with E-state index in [1.165, 1.54) is 18.2 Å². The lowest BCUT2D eigenvalue weighted by Gasteiger charge is -2.16. The number of aromatic nitrogens is 4. The summed E-state index contributed by atoms with van der Waals surface area (Å²) >= 11 is 0. The van der Waals surface area contributed by atoms with Gasteiger partial charge in [0.15, 0.2) is 0 Å². The molecule has 2 aliphatic rings. The van der Waals surface area contributed by atoms with Gasteiger partial charge in [0, 0.05) is 64.8 Å². The summed E-state index contributed by atoms with van der Waals surface area (Å²) in [6.45, 7) is 13.3. The van der Waals surface area contributed by atoms with Gasteiger partial charge in [-0.05, 0) is 36.4 Å². The first-order valence-corrected chi connectivity index (χ1v) is 29.7. The van der Waals surface area contributed by atoms with E-state index in [2.05, 4.69) is 49.3 Å². The van der Waals surface area contributed by atoms with Crippen LogP contribution in [0.4, 0.5) is 17.6 Å². The molecule has 0 atom stereocenters. The molecule has 4 aromatic carbocycles. The molecule has 8 rings (SSSR count). The number of carbonyl (C=O) groups excluding carboxylic acids is 2. The van der Waals surface area contributed by atoms with Crippen LogP contribution in [0.25, 0.3) is 45.7 Å². The Kier molecular flexibility index (Phi) is 15.7. The highest BCUT2D eigenvalue weighted by Crippen LogP contribution is 2.35.